The van der Waals surface area contributed by atoms with Crippen LogP contribution in [0.3, 0.4) is 0 Å². The van der Waals surface area contributed by atoms with Crippen LogP contribution in [0.4, 0.5) is 5.69 Å². The molecule has 4 rings (SSSR count). The quantitative estimate of drug-likeness (QED) is 0.581. The number of hydrogen-bond acceptors (Lipinski definition) is 2. The summed E-state index contributed by atoms with van der Waals surface area (Å²) in [6.45, 7) is 4.05. The Balaban J connectivity index is 1.82. The molecule has 2 aliphatic rings. The minimum Gasteiger partial charge on any atom is -0.456 e. The predicted octanol–water partition coefficient (Wildman–Crippen LogP) is 4.93. The van der Waals surface area contributed by atoms with Gasteiger partial charge in [-0.15, -0.1) is 5.92 Å². The Morgan fingerprint density at radius 1 is 1.19 bits per heavy atom. The van der Waals surface area contributed by atoms with Gasteiger partial charge >= 0.3 is 0 Å². The van der Waals surface area contributed by atoms with E-state index in [1.54, 1.807) is 0 Å². The third-order valence-electron chi connectivity index (χ3n) is 5.71. The van der Waals surface area contributed by atoms with E-state index in [0.29, 0.717) is 5.92 Å². The van der Waals surface area contributed by atoms with Gasteiger partial charge in [0.1, 0.15) is 11.5 Å². The highest BCUT2D eigenvalue weighted by atomic mass is 16.5. The van der Waals surface area contributed by atoms with E-state index in [1.807, 2.05) is 54.3 Å². The van der Waals surface area contributed by atoms with Gasteiger partial charge in [0.25, 0.3) is 0 Å². The average molecular weight is 345 g/mol. The fourth-order valence-electron chi connectivity index (χ4n) is 4.10. The molecule has 1 atom stereocenters. The number of carbonyl (C=O) groups is 1. The van der Waals surface area contributed by atoms with Crippen molar-refractivity contribution in [3.05, 3.63) is 53.6 Å². The first kappa shape index (κ1) is 16.7. The number of rotatable bonds is 4. The number of fused-ring (bicyclic) bond motifs is 1. The summed E-state index contributed by atoms with van der Waals surface area (Å²) >= 11 is 0. The maximum absolute atomic E-state index is 12.0. The summed E-state index contributed by atoms with van der Waals surface area (Å²) in [5, 5.41) is 0. The molecule has 1 amide bonds. The maximum atomic E-state index is 12.0. The molecule has 26 heavy (non-hydrogen) atoms. The molecule has 0 unspecified atom stereocenters. The van der Waals surface area contributed by atoms with Crippen molar-refractivity contribution < 1.29 is 9.53 Å². The summed E-state index contributed by atoms with van der Waals surface area (Å²) in [4.78, 5) is 13.9. The smallest absolute Gasteiger partial charge is 0.214 e. The number of anilines is 1. The normalized spacial score (nSPS) is 21.4. The predicted molar refractivity (Wildman–Crippen MR) is 104 cm³/mol. The molecular weight excluding hydrogens is 322 g/mol. The van der Waals surface area contributed by atoms with Crippen LogP contribution in [0.25, 0.3) is 0 Å². The Hall–Kier alpha value is -2.73. The lowest BCUT2D eigenvalue weighted by molar-refractivity contribution is -0.108. The molecule has 1 saturated carbocycles. The van der Waals surface area contributed by atoms with Gasteiger partial charge in [-0.25, -0.2) is 0 Å². The lowest BCUT2D eigenvalue weighted by Gasteiger charge is -2.44. The van der Waals surface area contributed by atoms with Crippen molar-refractivity contribution in [3.8, 4) is 23.3 Å². The summed E-state index contributed by atoms with van der Waals surface area (Å²) in [6, 6.07) is 13.8. The fraction of sp³-hybridized carbons (Fsp3) is 0.348. The number of ether oxygens (including phenoxy) is 1. The first-order valence-corrected chi connectivity index (χ1v) is 9.23. The molecule has 132 valence electrons. The van der Waals surface area contributed by atoms with Gasteiger partial charge < -0.3 is 9.64 Å². The molecule has 3 heteroatoms. The molecule has 1 aliphatic heterocycles. The highest BCUT2D eigenvalue weighted by Crippen LogP contribution is 2.51. The number of carbonyl (C=O) groups excluding carboxylic acids is 1. The van der Waals surface area contributed by atoms with Crippen LogP contribution in [0.1, 0.15) is 44.2 Å². The Morgan fingerprint density at radius 3 is 2.62 bits per heavy atom. The number of benzene rings is 2. The fourth-order valence-corrected chi connectivity index (χ4v) is 4.10. The highest BCUT2D eigenvalue weighted by Gasteiger charge is 2.48. The summed E-state index contributed by atoms with van der Waals surface area (Å²) in [7, 11) is 0. The van der Waals surface area contributed by atoms with Gasteiger partial charge in [-0.2, -0.15) is 0 Å². The summed E-state index contributed by atoms with van der Waals surface area (Å²) in [5.41, 5.74) is 2.83. The average Bonchev–Trinajstić information content (AvgIpc) is 3.50. The Morgan fingerprint density at radius 2 is 1.96 bits per heavy atom. The van der Waals surface area contributed by atoms with Crippen molar-refractivity contribution in [2.45, 2.75) is 45.1 Å². The first-order chi connectivity index (χ1) is 12.7. The van der Waals surface area contributed by atoms with Gasteiger partial charge in [-0.1, -0.05) is 24.1 Å². The van der Waals surface area contributed by atoms with Crippen LogP contribution in [0.2, 0.25) is 0 Å². The molecule has 0 radical (unpaired) electrons. The van der Waals surface area contributed by atoms with Gasteiger partial charge in [0, 0.05) is 11.1 Å². The van der Waals surface area contributed by atoms with Crippen molar-refractivity contribution in [2.75, 3.05) is 4.90 Å². The van der Waals surface area contributed by atoms with Crippen LogP contribution in [0, 0.1) is 17.8 Å². The number of amides is 1. The van der Waals surface area contributed by atoms with E-state index in [1.165, 1.54) is 12.8 Å². The van der Waals surface area contributed by atoms with E-state index >= 15 is 0 Å². The van der Waals surface area contributed by atoms with E-state index in [-0.39, 0.29) is 5.54 Å². The van der Waals surface area contributed by atoms with Gasteiger partial charge in [0.2, 0.25) is 6.41 Å². The molecule has 0 saturated heterocycles. The monoisotopic (exact) mass is 345 g/mol. The van der Waals surface area contributed by atoms with Gasteiger partial charge in [-0.3, -0.25) is 4.79 Å². The van der Waals surface area contributed by atoms with Gasteiger partial charge in [-0.05, 0) is 69.7 Å². The molecule has 1 fully saturated rings. The third-order valence-corrected chi connectivity index (χ3v) is 5.71. The second-order valence-corrected chi connectivity index (χ2v) is 7.34. The van der Waals surface area contributed by atoms with Crippen LogP contribution in [0.15, 0.2) is 42.5 Å². The molecule has 0 aromatic heterocycles. The lowest BCUT2D eigenvalue weighted by Crippen LogP contribution is -2.50. The van der Waals surface area contributed by atoms with Gasteiger partial charge in [0.15, 0.2) is 0 Å². The van der Waals surface area contributed by atoms with Crippen LogP contribution in [0.5, 0.6) is 11.5 Å². The van der Waals surface area contributed by atoms with Crippen molar-refractivity contribution in [3.63, 3.8) is 0 Å². The van der Waals surface area contributed by atoms with Crippen molar-refractivity contribution in [1.29, 1.82) is 0 Å². The second-order valence-electron chi connectivity index (χ2n) is 7.34. The zero-order chi connectivity index (χ0) is 18.1. The van der Waals surface area contributed by atoms with E-state index in [4.69, 9.17) is 4.74 Å². The van der Waals surface area contributed by atoms with Crippen molar-refractivity contribution in [2.24, 2.45) is 5.92 Å². The van der Waals surface area contributed by atoms with Crippen molar-refractivity contribution in [1.82, 2.24) is 0 Å². The molecule has 0 bridgehead atoms. The lowest BCUT2D eigenvalue weighted by atomic mass is 9.81. The van der Waals surface area contributed by atoms with Crippen LogP contribution >= 0.6 is 0 Å². The summed E-state index contributed by atoms with van der Waals surface area (Å²) in [5.74, 6) is 8.30. The topological polar surface area (TPSA) is 29.5 Å². The molecule has 2 aromatic rings. The molecule has 0 spiro atoms. The van der Waals surface area contributed by atoms with Crippen LogP contribution in [-0.2, 0) is 11.2 Å². The minimum absolute atomic E-state index is 0.0866. The first-order valence-electron chi connectivity index (χ1n) is 9.23. The second kappa shape index (κ2) is 6.53. The maximum Gasteiger partial charge on any atom is 0.214 e. The minimum atomic E-state index is -0.0866. The van der Waals surface area contributed by atoms with E-state index in [0.717, 1.165) is 47.6 Å². The van der Waals surface area contributed by atoms with Crippen LogP contribution < -0.4 is 9.64 Å². The Bertz CT molecular complexity index is 890. The highest BCUT2D eigenvalue weighted by molar-refractivity contribution is 5.83. The summed E-state index contributed by atoms with van der Waals surface area (Å²) in [6.07, 6.45) is 5.27. The zero-order valence-corrected chi connectivity index (χ0v) is 15.3. The Kier molecular flexibility index (Phi) is 4.20. The SMILES string of the molecule is CC#Cc1ccc2c(c1Oc1ccccc1)CC[C@@](C)(C1CC1)N2C=O. The number of nitrogens with zero attached hydrogens (tertiary/aromatic N) is 1. The zero-order valence-electron chi connectivity index (χ0n) is 15.3. The Labute approximate surface area is 155 Å². The standard InChI is InChI=1S/C23H23NO2/c1-3-7-17-10-13-21-20(22(17)26-19-8-5-4-6-9-19)14-15-23(2,18-11-12-18)24(21)16-25/h4-6,8-10,13,16,18H,11-12,14-15H2,1-2H3/t23-/m0/s1. The third kappa shape index (κ3) is 2.76. The van der Waals surface area contributed by atoms with E-state index in [2.05, 4.69) is 18.8 Å². The van der Waals surface area contributed by atoms with E-state index in [9.17, 15) is 4.79 Å². The van der Waals surface area contributed by atoms with E-state index < -0.39 is 0 Å². The number of hydrogen-bond donors (Lipinski definition) is 0. The molecule has 3 nitrogen and oxygen atoms in total. The van der Waals surface area contributed by atoms with Crippen molar-refractivity contribution >= 4 is 12.1 Å². The van der Waals surface area contributed by atoms with Crippen LogP contribution in [-0.4, -0.2) is 11.9 Å². The number of para-hydroxylation sites is 1. The molecule has 0 N–H and O–H groups in total. The largest absolute Gasteiger partial charge is 0.456 e. The molecule has 2 aromatic carbocycles. The molecular formula is C23H23NO2. The molecule has 1 aliphatic carbocycles. The molecule has 1 heterocycles. The summed E-state index contributed by atoms with van der Waals surface area (Å²) < 4.78 is 6.25. The van der Waals surface area contributed by atoms with Gasteiger partial charge in [0.05, 0.1) is 11.3 Å².